The Morgan fingerprint density at radius 2 is 1.52 bits per heavy atom. The first-order valence-electron chi connectivity index (χ1n) is 11.3. The maximum atomic E-state index is 12.7. The van der Waals surface area contributed by atoms with Crippen molar-refractivity contribution in [3.8, 4) is 11.1 Å². The molecule has 0 radical (unpaired) electrons. The van der Waals surface area contributed by atoms with Crippen molar-refractivity contribution in [2.45, 2.75) is 19.4 Å². The highest BCUT2D eigenvalue weighted by Crippen LogP contribution is 2.32. The average molecular weight is 412 g/mol. The molecule has 31 heavy (non-hydrogen) atoms. The van der Waals surface area contributed by atoms with Crippen molar-refractivity contribution >= 4 is 5.91 Å². The largest absolute Gasteiger partial charge is 0.342 e. The van der Waals surface area contributed by atoms with E-state index in [2.05, 4.69) is 69.4 Å². The van der Waals surface area contributed by atoms with Gasteiger partial charge in [-0.2, -0.15) is 0 Å². The molecule has 0 aliphatic carbocycles. The minimum Gasteiger partial charge on any atom is -0.342 e. The summed E-state index contributed by atoms with van der Waals surface area (Å²) in [7, 11) is 0. The summed E-state index contributed by atoms with van der Waals surface area (Å²) in [5, 5.41) is 0. The van der Waals surface area contributed by atoms with Gasteiger partial charge in [-0.05, 0) is 46.6 Å². The van der Waals surface area contributed by atoms with Gasteiger partial charge in [0.15, 0.2) is 0 Å². The van der Waals surface area contributed by atoms with E-state index < -0.39 is 0 Å². The number of aromatic nitrogens is 1. The van der Waals surface area contributed by atoms with Gasteiger partial charge in [0.2, 0.25) is 5.91 Å². The van der Waals surface area contributed by atoms with Crippen LogP contribution in [0.25, 0.3) is 11.1 Å². The van der Waals surface area contributed by atoms with Gasteiger partial charge in [0, 0.05) is 51.5 Å². The highest BCUT2D eigenvalue weighted by molar-refractivity contribution is 5.76. The number of fused-ring (bicyclic) bond motifs is 1. The number of aryl methyl sites for hydroxylation is 1. The molecule has 5 rings (SSSR count). The molecule has 1 amide bonds. The molecule has 3 aromatic rings. The zero-order valence-electron chi connectivity index (χ0n) is 17.9. The number of hydrogen-bond acceptors (Lipinski definition) is 3. The highest BCUT2D eigenvalue weighted by Gasteiger charge is 2.41. The van der Waals surface area contributed by atoms with Crippen LogP contribution in [0.3, 0.4) is 0 Å². The molecule has 2 saturated heterocycles. The number of carbonyl (C=O) groups excluding carboxylic acids is 1. The second-order valence-corrected chi connectivity index (χ2v) is 8.94. The Morgan fingerprint density at radius 3 is 2.19 bits per heavy atom. The first kappa shape index (κ1) is 20.0. The zero-order chi connectivity index (χ0) is 21.0. The van der Waals surface area contributed by atoms with Gasteiger partial charge in [0.25, 0.3) is 0 Å². The van der Waals surface area contributed by atoms with E-state index in [0.717, 1.165) is 44.7 Å². The molecule has 2 atom stereocenters. The van der Waals surface area contributed by atoms with Crippen molar-refractivity contribution in [1.29, 1.82) is 0 Å². The Hall–Kier alpha value is -2.98. The summed E-state index contributed by atoms with van der Waals surface area (Å²) < 4.78 is 0. The van der Waals surface area contributed by atoms with Crippen LogP contribution in [0, 0.1) is 11.8 Å². The predicted molar refractivity (Wildman–Crippen MR) is 123 cm³/mol. The Bertz CT molecular complexity index is 990. The van der Waals surface area contributed by atoms with E-state index in [9.17, 15) is 4.79 Å². The van der Waals surface area contributed by atoms with Gasteiger partial charge in [-0.15, -0.1) is 0 Å². The second-order valence-electron chi connectivity index (χ2n) is 8.94. The second kappa shape index (κ2) is 9.03. The molecule has 3 heterocycles. The van der Waals surface area contributed by atoms with Crippen molar-refractivity contribution < 1.29 is 4.79 Å². The van der Waals surface area contributed by atoms with Crippen LogP contribution >= 0.6 is 0 Å². The number of rotatable bonds is 6. The molecule has 0 spiro atoms. The molecule has 2 aromatic carbocycles. The molecule has 1 aromatic heterocycles. The Morgan fingerprint density at radius 1 is 0.806 bits per heavy atom. The van der Waals surface area contributed by atoms with Crippen molar-refractivity contribution in [3.05, 3.63) is 90.3 Å². The van der Waals surface area contributed by atoms with Crippen LogP contribution in [0.1, 0.15) is 17.5 Å². The van der Waals surface area contributed by atoms with E-state index in [1.807, 2.05) is 18.3 Å². The highest BCUT2D eigenvalue weighted by atomic mass is 16.2. The molecular weight excluding hydrogens is 382 g/mol. The number of amides is 1. The van der Waals surface area contributed by atoms with Crippen molar-refractivity contribution in [2.75, 3.05) is 26.2 Å². The fourth-order valence-corrected chi connectivity index (χ4v) is 5.07. The number of hydrogen-bond donors (Lipinski definition) is 0. The summed E-state index contributed by atoms with van der Waals surface area (Å²) in [6.45, 7) is 5.02. The van der Waals surface area contributed by atoms with Gasteiger partial charge in [-0.25, -0.2) is 0 Å². The molecule has 2 aliphatic heterocycles. The summed E-state index contributed by atoms with van der Waals surface area (Å²) in [4.78, 5) is 21.5. The van der Waals surface area contributed by atoms with Crippen LogP contribution in [0.5, 0.6) is 0 Å². The van der Waals surface area contributed by atoms with Gasteiger partial charge in [0.05, 0.1) is 0 Å². The maximum absolute atomic E-state index is 12.7. The van der Waals surface area contributed by atoms with E-state index in [1.165, 1.54) is 16.7 Å². The van der Waals surface area contributed by atoms with Crippen LogP contribution in [-0.4, -0.2) is 46.9 Å². The summed E-state index contributed by atoms with van der Waals surface area (Å²) in [6.07, 6.45) is 5.00. The SMILES string of the molecule is O=C(CCc1cccnc1)N1CC2CN(Cc3ccc(-c4ccccc4)cc3)CC2C1. The lowest BCUT2D eigenvalue weighted by Crippen LogP contribution is -2.33. The lowest BCUT2D eigenvalue weighted by Gasteiger charge is -2.22. The van der Waals surface area contributed by atoms with Gasteiger partial charge in [0.1, 0.15) is 0 Å². The molecule has 0 bridgehead atoms. The van der Waals surface area contributed by atoms with Crippen LogP contribution in [0.2, 0.25) is 0 Å². The molecule has 2 aliphatic rings. The molecule has 4 nitrogen and oxygen atoms in total. The van der Waals surface area contributed by atoms with Crippen molar-refractivity contribution in [1.82, 2.24) is 14.8 Å². The number of benzene rings is 2. The van der Waals surface area contributed by atoms with E-state index in [4.69, 9.17) is 0 Å². The van der Waals surface area contributed by atoms with Crippen molar-refractivity contribution in [3.63, 3.8) is 0 Å². The third-order valence-electron chi connectivity index (χ3n) is 6.73. The van der Waals surface area contributed by atoms with Gasteiger partial charge in [-0.1, -0.05) is 60.7 Å². The van der Waals surface area contributed by atoms with Crippen LogP contribution in [0.4, 0.5) is 0 Å². The Kier molecular flexibility index (Phi) is 5.81. The predicted octanol–water partition coefficient (Wildman–Crippen LogP) is 4.27. The quantitative estimate of drug-likeness (QED) is 0.608. The number of likely N-dealkylation sites (tertiary alicyclic amines) is 2. The summed E-state index contributed by atoms with van der Waals surface area (Å²) in [5.41, 5.74) is 5.03. The van der Waals surface area contributed by atoms with Gasteiger partial charge in [-0.3, -0.25) is 14.7 Å². The fourth-order valence-electron chi connectivity index (χ4n) is 5.07. The summed E-state index contributed by atoms with van der Waals surface area (Å²) in [5.74, 6) is 1.53. The van der Waals surface area contributed by atoms with Crippen LogP contribution in [-0.2, 0) is 17.8 Å². The monoisotopic (exact) mass is 411 g/mol. The van der Waals surface area contributed by atoms with Gasteiger partial charge < -0.3 is 4.90 Å². The van der Waals surface area contributed by atoms with Gasteiger partial charge >= 0.3 is 0 Å². The molecule has 2 fully saturated rings. The normalized spacial score (nSPS) is 20.7. The third kappa shape index (κ3) is 4.70. The molecule has 0 N–H and O–H groups in total. The molecule has 4 heteroatoms. The maximum Gasteiger partial charge on any atom is 0.222 e. The molecule has 0 saturated carbocycles. The molecule has 158 valence electrons. The Labute approximate surface area is 184 Å². The van der Waals surface area contributed by atoms with E-state index in [0.29, 0.717) is 24.2 Å². The minimum atomic E-state index is 0.293. The summed E-state index contributed by atoms with van der Waals surface area (Å²) >= 11 is 0. The fraction of sp³-hybridized carbons (Fsp3) is 0.333. The first-order chi connectivity index (χ1) is 15.2. The number of carbonyl (C=O) groups is 1. The van der Waals surface area contributed by atoms with Crippen LogP contribution < -0.4 is 0 Å². The Balaban J connectivity index is 1.11. The third-order valence-corrected chi connectivity index (χ3v) is 6.73. The lowest BCUT2D eigenvalue weighted by atomic mass is 10.0. The van der Waals surface area contributed by atoms with Crippen LogP contribution in [0.15, 0.2) is 79.1 Å². The zero-order valence-corrected chi connectivity index (χ0v) is 17.9. The first-order valence-corrected chi connectivity index (χ1v) is 11.3. The smallest absolute Gasteiger partial charge is 0.222 e. The summed E-state index contributed by atoms with van der Waals surface area (Å²) in [6, 6.07) is 23.5. The number of pyridine rings is 1. The average Bonchev–Trinajstić information content (AvgIpc) is 3.38. The van der Waals surface area contributed by atoms with E-state index in [1.54, 1.807) is 6.20 Å². The lowest BCUT2D eigenvalue weighted by molar-refractivity contribution is -0.130. The topological polar surface area (TPSA) is 36.4 Å². The molecule has 2 unspecified atom stereocenters. The van der Waals surface area contributed by atoms with E-state index >= 15 is 0 Å². The molecular formula is C27H29N3O. The van der Waals surface area contributed by atoms with E-state index in [-0.39, 0.29) is 0 Å². The number of nitrogens with zero attached hydrogens (tertiary/aromatic N) is 3. The minimum absolute atomic E-state index is 0.293. The standard InChI is InChI=1S/C27H29N3O/c31-27(13-10-21-5-4-14-28-15-21)30-19-25-17-29(18-26(25)20-30)16-22-8-11-24(12-9-22)23-6-2-1-3-7-23/h1-9,11-12,14-15,25-26H,10,13,16-20H2. The van der Waals surface area contributed by atoms with Crippen molar-refractivity contribution in [2.24, 2.45) is 11.8 Å².